The number of thiocarbonyl (C=S) groups is 1. The molecular formula is C12H16F2N2S. The summed E-state index contributed by atoms with van der Waals surface area (Å²) >= 11 is 4.99. The molecule has 17 heavy (non-hydrogen) atoms. The Hall–Kier alpha value is -1.23. The Morgan fingerprint density at radius 2 is 1.94 bits per heavy atom. The summed E-state index contributed by atoms with van der Waals surface area (Å²) in [5, 5.41) is 5.74. The highest BCUT2D eigenvalue weighted by Crippen LogP contribution is 2.17. The van der Waals surface area contributed by atoms with Gasteiger partial charge in [-0.25, -0.2) is 8.78 Å². The molecule has 1 rings (SSSR count). The fourth-order valence-electron chi connectivity index (χ4n) is 1.50. The highest BCUT2D eigenvalue weighted by Gasteiger charge is 2.10. The summed E-state index contributed by atoms with van der Waals surface area (Å²) in [7, 11) is 0. The molecule has 1 aromatic rings. The van der Waals surface area contributed by atoms with Crippen molar-refractivity contribution in [1.82, 2.24) is 5.32 Å². The first-order valence-corrected chi connectivity index (χ1v) is 5.97. The Balaban J connectivity index is 2.62. The van der Waals surface area contributed by atoms with Crippen molar-refractivity contribution >= 4 is 23.0 Å². The van der Waals surface area contributed by atoms with Crippen molar-refractivity contribution < 1.29 is 8.78 Å². The molecule has 1 unspecified atom stereocenters. The summed E-state index contributed by atoms with van der Waals surface area (Å²) < 4.78 is 26.6. The summed E-state index contributed by atoms with van der Waals surface area (Å²) in [6, 6.07) is 3.86. The van der Waals surface area contributed by atoms with Crippen LogP contribution in [0.5, 0.6) is 0 Å². The predicted molar refractivity (Wildman–Crippen MR) is 70.1 cm³/mol. The largest absolute Gasteiger partial charge is 0.360 e. The van der Waals surface area contributed by atoms with Gasteiger partial charge in [-0.3, -0.25) is 0 Å². The van der Waals surface area contributed by atoms with Crippen molar-refractivity contribution in [2.75, 3.05) is 5.32 Å². The number of anilines is 1. The summed E-state index contributed by atoms with van der Waals surface area (Å²) in [6.07, 6.45) is 1.96. The van der Waals surface area contributed by atoms with Crippen LogP contribution in [0.25, 0.3) is 0 Å². The molecule has 0 aliphatic carbocycles. The van der Waals surface area contributed by atoms with Gasteiger partial charge in [0.05, 0.1) is 0 Å². The molecule has 0 amide bonds. The monoisotopic (exact) mass is 258 g/mol. The maximum atomic E-state index is 13.3. The van der Waals surface area contributed by atoms with Crippen molar-refractivity contribution in [3.05, 3.63) is 29.8 Å². The molecule has 1 aromatic carbocycles. The van der Waals surface area contributed by atoms with Gasteiger partial charge in [0, 0.05) is 6.04 Å². The molecule has 0 radical (unpaired) electrons. The highest BCUT2D eigenvalue weighted by molar-refractivity contribution is 7.80. The molecule has 0 saturated heterocycles. The van der Waals surface area contributed by atoms with Crippen LogP contribution >= 0.6 is 12.2 Å². The third-order valence-corrected chi connectivity index (χ3v) is 2.52. The van der Waals surface area contributed by atoms with Gasteiger partial charge >= 0.3 is 0 Å². The molecule has 5 heteroatoms. The van der Waals surface area contributed by atoms with E-state index in [0.717, 1.165) is 12.8 Å². The molecule has 0 bridgehead atoms. The average Bonchev–Trinajstić information content (AvgIpc) is 2.24. The zero-order valence-corrected chi connectivity index (χ0v) is 10.7. The van der Waals surface area contributed by atoms with Gasteiger partial charge in [0.25, 0.3) is 0 Å². The van der Waals surface area contributed by atoms with Crippen LogP contribution in [-0.4, -0.2) is 11.2 Å². The predicted octanol–water partition coefficient (Wildman–Crippen LogP) is 3.44. The van der Waals surface area contributed by atoms with Gasteiger partial charge in [-0.1, -0.05) is 19.4 Å². The SMILES string of the molecule is CCCC(C)NC(=S)Nc1c(F)cccc1F. The molecule has 2 N–H and O–H groups in total. The van der Waals surface area contributed by atoms with E-state index < -0.39 is 11.6 Å². The number of halogens is 2. The lowest BCUT2D eigenvalue weighted by molar-refractivity contribution is 0.586. The van der Waals surface area contributed by atoms with Crippen molar-refractivity contribution in [2.24, 2.45) is 0 Å². The van der Waals surface area contributed by atoms with E-state index in [2.05, 4.69) is 17.6 Å². The molecule has 0 fully saturated rings. The number of hydrogen-bond donors (Lipinski definition) is 2. The van der Waals surface area contributed by atoms with Crippen molar-refractivity contribution in [2.45, 2.75) is 32.7 Å². The molecule has 0 saturated carbocycles. The van der Waals surface area contributed by atoms with E-state index in [1.54, 1.807) is 0 Å². The zero-order valence-electron chi connectivity index (χ0n) is 9.89. The van der Waals surface area contributed by atoms with Gasteiger partial charge < -0.3 is 10.6 Å². The van der Waals surface area contributed by atoms with Crippen molar-refractivity contribution in [1.29, 1.82) is 0 Å². The first kappa shape index (κ1) is 13.8. The second kappa shape index (κ2) is 6.49. The van der Waals surface area contributed by atoms with Crippen LogP contribution in [0, 0.1) is 11.6 Å². The lowest BCUT2D eigenvalue weighted by Gasteiger charge is -2.16. The molecule has 0 aliphatic rings. The average molecular weight is 258 g/mol. The van der Waals surface area contributed by atoms with Crippen molar-refractivity contribution in [3.8, 4) is 0 Å². The van der Waals surface area contributed by atoms with Gasteiger partial charge in [0.15, 0.2) is 5.11 Å². The van der Waals surface area contributed by atoms with E-state index in [-0.39, 0.29) is 16.8 Å². The molecule has 0 heterocycles. The minimum absolute atomic E-state index is 0.176. The van der Waals surface area contributed by atoms with Crippen LogP contribution < -0.4 is 10.6 Å². The zero-order chi connectivity index (χ0) is 12.8. The van der Waals surface area contributed by atoms with E-state index >= 15 is 0 Å². The Kier molecular flexibility index (Phi) is 5.28. The van der Waals surface area contributed by atoms with Crippen LogP contribution in [0.1, 0.15) is 26.7 Å². The smallest absolute Gasteiger partial charge is 0.171 e. The molecule has 1 atom stereocenters. The van der Waals surface area contributed by atoms with Crippen LogP contribution in [-0.2, 0) is 0 Å². The quantitative estimate of drug-likeness (QED) is 0.809. The Morgan fingerprint density at radius 1 is 1.35 bits per heavy atom. The van der Waals surface area contributed by atoms with Gasteiger partial charge in [-0.2, -0.15) is 0 Å². The molecular weight excluding hydrogens is 242 g/mol. The molecule has 94 valence electrons. The number of rotatable bonds is 4. The number of hydrogen-bond acceptors (Lipinski definition) is 1. The third kappa shape index (κ3) is 4.26. The fraction of sp³-hybridized carbons (Fsp3) is 0.417. The standard InChI is InChI=1S/C12H16F2N2S/c1-3-5-8(2)15-12(17)16-11-9(13)6-4-7-10(11)14/h4,6-8H,3,5H2,1-2H3,(H2,15,16,17). The first-order chi connectivity index (χ1) is 8.04. The third-order valence-electron chi connectivity index (χ3n) is 2.30. The van der Waals surface area contributed by atoms with Crippen LogP contribution in [0.3, 0.4) is 0 Å². The second-order valence-electron chi connectivity index (χ2n) is 3.88. The van der Waals surface area contributed by atoms with Gasteiger partial charge in [0.1, 0.15) is 17.3 Å². The van der Waals surface area contributed by atoms with Crippen LogP contribution in [0.2, 0.25) is 0 Å². The topological polar surface area (TPSA) is 24.1 Å². The highest BCUT2D eigenvalue weighted by atomic mass is 32.1. The normalized spacial score (nSPS) is 12.0. The van der Waals surface area contributed by atoms with E-state index in [4.69, 9.17) is 12.2 Å². The van der Waals surface area contributed by atoms with E-state index in [1.807, 2.05) is 6.92 Å². The molecule has 0 aliphatic heterocycles. The summed E-state index contributed by atoms with van der Waals surface area (Å²) in [5.74, 6) is -1.31. The Labute approximate surface area is 105 Å². The minimum Gasteiger partial charge on any atom is -0.360 e. The second-order valence-corrected chi connectivity index (χ2v) is 4.29. The first-order valence-electron chi connectivity index (χ1n) is 5.56. The van der Waals surface area contributed by atoms with Gasteiger partial charge in [-0.05, 0) is 37.7 Å². The van der Waals surface area contributed by atoms with Crippen LogP contribution in [0.15, 0.2) is 18.2 Å². The van der Waals surface area contributed by atoms with Crippen LogP contribution in [0.4, 0.5) is 14.5 Å². The fourth-order valence-corrected chi connectivity index (χ4v) is 1.80. The minimum atomic E-state index is -0.655. The lowest BCUT2D eigenvalue weighted by Crippen LogP contribution is -2.36. The maximum Gasteiger partial charge on any atom is 0.171 e. The summed E-state index contributed by atoms with van der Waals surface area (Å²) in [5.41, 5.74) is -0.214. The van der Waals surface area contributed by atoms with E-state index in [9.17, 15) is 8.78 Å². The number of para-hydroxylation sites is 1. The summed E-state index contributed by atoms with van der Waals surface area (Å²) in [4.78, 5) is 0. The van der Waals surface area contributed by atoms with E-state index in [1.165, 1.54) is 18.2 Å². The van der Waals surface area contributed by atoms with E-state index in [0.29, 0.717) is 0 Å². The maximum absolute atomic E-state index is 13.3. The Bertz CT molecular complexity index is 376. The molecule has 2 nitrogen and oxygen atoms in total. The molecule has 0 aromatic heterocycles. The number of benzene rings is 1. The summed E-state index contributed by atoms with van der Waals surface area (Å²) in [6.45, 7) is 4.03. The number of nitrogens with one attached hydrogen (secondary N) is 2. The lowest BCUT2D eigenvalue weighted by atomic mass is 10.2. The Morgan fingerprint density at radius 3 is 2.47 bits per heavy atom. The van der Waals surface area contributed by atoms with Gasteiger partial charge in [0.2, 0.25) is 0 Å². The van der Waals surface area contributed by atoms with Gasteiger partial charge in [-0.15, -0.1) is 0 Å². The van der Waals surface area contributed by atoms with Crippen molar-refractivity contribution in [3.63, 3.8) is 0 Å². The molecule has 0 spiro atoms.